The summed E-state index contributed by atoms with van der Waals surface area (Å²) >= 11 is 11.6. The van der Waals surface area contributed by atoms with Crippen molar-refractivity contribution < 1.29 is 24.0 Å². The highest BCUT2D eigenvalue weighted by Crippen LogP contribution is 2.25. The lowest BCUT2D eigenvalue weighted by atomic mass is 10.0. The number of carbonyl (C=O) groups is 3. The molecule has 12 heteroatoms. The zero-order valence-electron chi connectivity index (χ0n) is 16.4. The van der Waals surface area contributed by atoms with Gasteiger partial charge in [0.1, 0.15) is 11.1 Å². The number of aromatic nitrogens is 1. The second-order valence-electron chi connectivity index (χ2n) is 6.62. The standard InChI is InChI=1S/C19H18Cl2N4O6/c1-10(2)16(24-18(27)11-5-6-12(20)14(8-11)25(29)30)19(28)31-9-15(26)23-13-4-3-7-22-17(13)21/h3-8,10,16H,9H2,1-2H3,(H,23,26)(H,24,27). The quantitative estimate of drug-likeness (QED) is 0.262. The molecule has 0 spiro atoms. The van der Waals surface area contributed by atoms with Gasteiger partial charge in [0.2, 0.25) is 0 Å². The van der Waals surface area contributed by atoms with Crippen LogP contribution in [0.1, 0.15) is 24.2 Å². The maximum atomic E-state index is 12.5. The molecule has 0 saturated carbocycles. The number of nitrogens with one attached hydrogen (secondary N) is 2. The van der Waals surface area contributed by atoms with Crippen LogP contribution in [0, 0.1) is 16.0 Å². The number of ether oxygens (including phenoxy) is 1. The number of esters is 1. The van der Waals surface area contributed by atoms with Gasteiger partial charge in [-0.25, -0.2) is 9.78 Å². The largest absolute Gasteiger partial charge is 0.454 e. The molecule has 10 nitrogen and oxygen atoms in total. The molecule has 1 atom stereocenters. The Labute approximate surface area is 187 Å². The minimum Gasteiger partial charge on any atom is -0.454 e. The van der Waals surface area contributed by atoms with Gasteiger partial charge in [0.05, 0.1) is 10.6 Å². The Hall–Kier alpha value is -3.24. The van der Waals surface area contributed by atoms with Crippen molar-refractivity contribution in [2.24, 2.45) is 5.92 Å². The van der Waals surface area contributed by atoms with Crippen LogP contribution in [0.2, 0.25) is 10.2 Å². The van der Waals surface area contributed by atoms with Gasteiger partial charge in [-0.2, -0.15) is 0 Å². The highest BCUT2D eigenvalue weighted by atomic mass is 35.5. The Morgan fingerprint density at radius 2 is 1.94 bits per heavy atom. The van der Waals surface area contributed by atoms with E-state index in [0.717, 1.165) is 6.07 Å². The zero-order chi connectivity index (χ0) is 23.1. The van der Waals surface area contributed by atoms with Crippen molar-refractivity contribution in [1.82, 2.24) is 10.3 Å². The molecule has 2 rings (SSSR count). The fourth-order valence-corrected chi connectivity index (χ4v) is 2.76. The molecule has 164 valence electrons. The lowest BCUT2D eigenvalue weighted by Gasteiger charge is -2.20. The summed E-state index contributed by atoms with van der Waals surface area (Å²) in [5.41, 5.74) is -0.245. The molecule has 0 aliphatic heterocycles. The fraction of sp³-hybridized carbons (Fsp3) is 0.263. The minimum absolute atomic E-state index is 0.0569. The molecule has 0 fully saturated rings. The predicted octanol–water partition coefficient (Wildman–Crippen LogP) is 3.23. The molecule has 2 N–H and O–H groups in total. The molecule has 1 aromatic heterocycles. The summed E-state index contributed by atoms with van der Waals surface area (Å²) in [6.45, 7) is 2.70. The number of nitrogens with zero attached hydrogens (tertiary/aromatic N) is 2. The summed E-state index contributed by atoms with van der Waals surface area (Å²) in [5, 5.41) is 15.9. The number of nitro benzene ring substituents is 1. The Bertz CT molecular complexity index is 1010. The summed E-state index contributed by atoms with van der Waals surface area (Å²) in [6, 6.07) is 5.50. The Kier molecular flexibility index (Phi) is 8.29. The maximum Gasteiger partial charge on any atom is 0.329 e. The molecule has 1 aromatic carbocycles. The monoisotopic (exact) mass is 468 g/mol. The van der Waals surface area contributed by atoms with Crippen molar-refractivity contribution in [3.05, 3.63) is 62.4 Å². The van der Waals surface area contributed by atoms with E-state index in [4.69, 9.17) is 27.9 Å². The molecule has 31 heavy (non-hydrogen) atoms. The predicted molar refractivity (Wildman–Crippen MR) is 113 cm³/mol. The number of benzene rings is 1. The van der Waals surface area contributed by atoms with Crippen molar-refractivity contribution in [3.63, 3.8) is 0 Å². The molecule has 2 aromatic rings. The molecule has 1 heterocycles. The second-order valence-corrected chi connectivity index (χ2v) is 7.38. The molecule has 0 saturated heterocycles. The van der Waals surface area contributed by atoms with E-state index in [2.05, 4.69) is 15.6 Å². The van der Waals surface area contributed by atoms with E-state index in [1.54, 1.807) is 19.9 Å². The van der Waals surface area contributed by atoms with Gasteiger partial charge in [-0.1, -0.05) is 37.0 Å². The van der Waals surface area contributed by atoms with Crippen LogP contribution in [0.4, 0.5) is 11.4 Å². The lowest BCUT2D eigenvalue weighted by Crippen LogP contribution is -2.46. The molecule has 0 radical (unpaired) electrons. The van der Waals surface area contributed by atoms with E-state index in [0.29, 0.717) is 0 Å². The van der Waals surface area contributed by atoms with Gasteiger partial charge in [0.25, 0.3) is 17.5 Å². The molecular formula is C19H18Cl2N4O6. The van der Waals surface area contributed by atoms with Gasteiger partial charge >= 0.3 is 5.97 Å². The van der Waals surface area contributed by atoms with Gasteiger partial charge in [-0.3, -0.25) is 19.7 Å². The summed E-state index contributed by atoms with van der Waals surface area (Å²) < 4.78 is 5.00. The Morgan fingerprint density at radius 1 is 1.23 bits per heavy atom. The number of pyridine rings is 1. The number of anilines is 1. The minimum atomic E-state index is -1.10. The summed E-state index contributed by atoms with van der Waals surface area (Å²) in [4.78, 5) is 51.0. The van der Waals surface area contributed by atoms with Crippen molar-refractivity contribution in [2.45, 2.75) is 19.9 Å². The summed E-state index contributed by atoms with van der Waals surface area (Å²) in [7, 11) is 0. The number of carbonyl (C=O) groups excluding carboxylic acids is 3. The third-order valence-corrected chi connectivity index (χ3v) is 4.61. The number of amides is 2. The Balaban J connectivity index is 2.01. The smallest absolute Gasteiger partial charge is 0.329 e. The first-order valence-corrected chi connectivity index (χ1v) is 9.67. The van der Waals surface area contributed by atoms with Crippen LogP contribution in [0.25, 0.3) is 0 Å². The van der Waals surface area contributed by atoms with Crippen LogP contribution >= 0.6 is 23.2 Å². The SMILES string of the molecule is CC(C)C(NC(=O)c1ccc(Cl)c([N+](=O)[O-])c1)C(=O)OCC(=O)Nc1cccnc1Cl. The van der Waals surface area contributed by atoms with Crippen molar-refractivity contribution in [2.75, 3.05) is 11.9 Å². The highest BCUT2D eigenvalue weighted by molar-refractivity contribution is 6.33. The fourth-order valence-electron chi connectivity index (χ4n) is 2.41. The van der Waals surface area contributed by atoms with Gasteiger partial charge in [-0.15, -0.1) is 0 Å². The van der Waals surface area contributed by atoms with Gasteiger partial charge in [0.15, 0.2) is 11.8 Å². The molecule has 0 bridgehead atoms. The van der Waals surface area contributed by atoms with Gasteiger partial charge in [0, 0.05) is 17.8 Å². The topological polar surface area (TPSA) is 141 Å². The van der Waals surface area contributed by atoms with Gasteiger partial charge < -0.3 is 15.4 Å². The normalized spacial score (nSPS) is 11.5. The van der Waals surface area contributed by atoms with Crippen LogP contribution in [0.5, 0.6) is 0 Å². The van der Waals surface area contributed by atoms with E-state index in [-0.39, 0.29) is 21.4 Å². The molecule has 0 aliphatic carbocycles. The average molecular weight is 469 g/mol. The van der Waals surface area contributed by atoms with Crippen LogP contribution in [-0.4, -0.2) is 40.3 Å². The maximum absolute atomic E-state index is 12.5. The van der Waals surface area contributed by atoms with Crippen LogP contribution in [0.3, 0.4) is 0 Å². The third kappa shape index (κ3) is 6.63. The van der Waals surface area contributed by atoms with Crippen molar-refractivity contribution in [3.8, 4) is 0 Å². The van der Waals surface area contributed by atoms with E-state index in [1.165, 1.54) is 24.4 Å². The van der Waals surface area contributed by atoms with E-state index < -0.39 is 47.0 Å². The average Bonchev–Trinajstić information content (AvgIpc) is 2.71. The first kappa shape index (κ1) is 24.0. The van der Waals surface area contributed by atoms with E-state index >= 15 is 0 Å². The molecule has 0 aliphatic rings. The van der Waals surface area contributed by atoms with Gasteiger partial charge in [-0.05, 0) is 30.2 Å². The molecular weight excluding hydrogens is 451 g/mol. The van der Waals surface area contributed by atoms with Crippen molar-refractivity contribution >= 4 is 52.4 Å². The van der Waals surface area contributed by atoms with Crippen molar-refractivity contribution in [1.29, 1.82) is 0 Å². The lowest BCUT2D eigenvalue weighted by molar-refractivity contribution is -0.384. The second kappa shape index (κ2) is 10.7. The first-order valence-electron chi connectivity index (χ1n) is 8.92. The highest BCUT2D eigenvalue weighted by Gasteiger charge is 2.27. The third-order valence-electron chi connectivity index (χ3n) is 3.99. The summed E-state index contributed by atoms with van der Waals surface area (Å²) in [6.07, 6.45) is 1.45. The number of rotatable bonds is 8. The Morgan fingerprint density at radius 3 is 2.55 bits per heavy atom. The summed E-state index contributed by atoms with van der Waals surface area (Å²) in [5.74, 6) is -2.62. The number of hydrogen-bond donors (Lipinski definition) is 2. The van der Waals surface area contributed by atoms with Crippen LogP contribution in [0.15, 0.2) is 36.5 Å². The number of hydrogen-bond acceptors (Lipinski definition) is 7. The number of halogens is 2. The zero-order valence-corrected chi connectivity index (χ0v) is 17.9. The number of nitro groups is 1. The first-order chi connectivity index (χ1) is 14.6. The van der Waals surface area contributed by atoms with Crippen LogP contribution < -0.4 is 10.6 Å². The molecule has 2 amide bonds. The van der Waals surface area contributed by atoms with E-state index in [9.17, 15) is 24.5 Å². The van der Waals surface area contributed by atoms with E-state index in [1.807, 2.05) is 0 Å². The van der Waals surface area contributed by atoms with Crippen LogP contribution in [-0.2, 0) is 14.3 Å². The molecule has 1 unspecified atom stereocenters.